The highest BCUT2D eigenvalue weighted by atomic mass is 19.3. The Labute approximate surface area is 248 Å². The van der Waals surface area contributed by atoms with Crippen molar-refractivity contribution >= 4 is 0 Å². The fourth-order valence-corrected chi connectivity index (χ4v) is 6.07. The zero-order chi connectivity index (χ0) is 32.2. The van der Waals surface area contributed by atoms with Crippen LogP contribution in [0.15, 0.2) is 42.4 Å². The molecule has 2 aliphatic carbocycles. The Balaban J connectivity index is 1.35. The summed E-state index contributed by atoms with van der Waals surface area (Å²) in [6, 6.07) is 0.491. The quantitative estimate of drug-likeness (QED) is 0.180. The van der Waals surface area contributed by atoms with Crippen LogP contribution < -0.4 is 9.47 Å². The Kier molecular flexibility index (Phi) is 10.8. The summed E-state index contributed by atoms with van der Waals surface area (Å²) in [5.74, 6) is -8.49. The molecule has 4 rings (SSSR count). The molecule has 2 saturated carbocycles. The van der Waals surface area contributed by atoms with E-state index >= 15 is 0 Å². The summed E-state index contributed by atoms with van der Waals surface area (Å²) in [6.45, 7) is 2.08. The van der Waals surface area contributed by atoms with Crippen molar-refractivity contribution in [1.29, 1.82) is 0 Å². The zero-order valence-corrected chi connectivity index (χ0v) is 23.8. The lowest BCUT2D eigenvalue weighted by atomic mass is 9.79. The number of alkyl halides is 4. The van der Waals surface area contributed by atoms with Gasteiger partial charge in [0, 0.05) is 12.1 Å². The molecule has 0 unspecified atom stereocenters. The van der Waals surface area contributed by atoms with Gasteiger partial charge in [-0.15, -0.1) is 0 Å². The third-order valence-electron chi connectivity index (χ3n) is 8.35. The van der Waals surface area contributed by atoms with Gasteiger partial charge >= 0.3 is 24.3 Å². The van der Waals surface area contributed by atoms with Crippen molar-refractivity contribution in [1.82, 2.24) is 0 Å². The van der Waals surface area contributed by atoms with Crippen molar-refractivity contribution in [3.05, 3.63) is 71.0 Å². The Morgan fingerprint density at radius 2 is 1.41 bits per heavy atom. The summed E-state index contributed by atoms with van der Waals surface area (Å²) in [7, 11) is 0. The first-order valence-corrected chi connectivity index (χ1v) is 14.5. The van der Waals surface area contributed by atoms with Gasteiger partial charge in [-0.1, -0.05) is 25.8 Å². The smallest absolute Gasteiger partial charge is 0.429 e. The molecule has 3 nitrogen and oxygen atoms in total. The summed E-state index contributed by atoms with van der Waals surface area (Å²) in [4.78, 5) is 0. The molecule has 0 saturated heterocycles. The van der Waals surface area contributed by atoms with Crippen LogP contribution in [0.2, 0.25) is 0 Å². The molecule has 0 amide bonds. The van der Waals surface area contributed by atoms with Gasteiger partial charge in [-0.05, 0) is 80.9 Å². The predicted octanol–water partition coefficient (Wildman–Crippen LogP) is 10.9. The summed E-state index contributed by atoms with van der Waals surface area (Å²) in [5.41, 5.74) is -0.906. The predicted molar refractivity (Wildman–Crippen MR) is 140 cm³/mol. The molecule has 0 bridgehead atoms. The number of halogens is 10. The third kappa shape index (κ3) is 8.19. The second-order valence-electron chi connectivity index (χ2n) is 11.4. The van der Waals surface area contributed by atoms with Crippen LogP contribution in [0.4, 0.5) is 43.9 Å². The van der Waals surface area contributed by atoms with Crippen molar-refractivity contribution in [2.24, 2.45) is 11.8 Å². The molecule has 2 aliphatic rings. The molecule has 0 spiro atoms. The van der Waals surface area contributed by atoms with Gasteiger partial charge < -0.3 is 14.2 Å². The highest BCUT2D eigenvalue weighted by Crippen LogP contribution is 2.44. The Hall–Kier alpha value is -2.96. The first kappa shape index (κ1) is 33.9. The second-order valence-corrected chi connectivity index (χ2v) is 11.4. The molecule has 0 aliphatic heterocycles. The zero-order valence-electron chi connectivity index (χ0n) is 23.8. The number of benzene rings is 2. The minimum absolute atomic E-state index is 0.128. The van der Waals surface area contributed by atoms with Crippen molar-refractivity contribution in [3.63, 3.8) is 0 Å². The molecule has 2 fully saturated rings. The summed E-state index contributed by atoms with van der Waals surface area (Å²) in [5, 5.41) is 0. The van der Waals surface area contributed by atoms with Crippen LogP contribution in [-0.2, 0) is 10.8 Å². The van der Waals surface area contributed by atoms with Crippen molar-refractivity contribution in [2.45, 2.75) is 95.4 Å². The van der Waals surface area contributed by atoms with Gasteiger partial charge in [-0.25, -0.2) is 13.2 Å². The average Bonchev–Trinajstić information content (AvgIpc) is 2.95. The van der Waals surface area contributed by atoms with Gasteiger partial charge in [0.15, 0.2) is 11.6 Å². The third-order valence-corrected chi connectivity index (χ3v) is 8.35. The van der Waals surface area contributed by atoms with Gasteiger partial charge in [-0.3, -0.25) is 0 Å². The van der Waals surface area contributed by atoms with Gasteiger partial charge in [0.05, 0.1) is 17.6 Å². The second kappa shape index (κ2) is 14.0. The standard InChI is InChI=1S/C31H32F10O3/c1-2-3-17-4-9-20(10-5-17)30(38,39)43-21-11-6-18(7-12-21)19-8-13-23(24(32)14-19)31(40,41)44-22-15-25(33)27(26(34)16-22)42-29(37)28(35)36/h8,13-18,20-21H,2-7,9-12H2,1H3. The molecule has 2 aromatic rings. The fourth-order valence-electron chi connectivity index (χ4n) is 6.07. The fraction of sp³-hybridized carbons (Fsp3) is 0.548. The van der Waals surface area contributed by atoms with Crippen LogP contribution in [0.5, 0.6) is 11.5 Å². The maximum Gasteiger partial charge on any atom is 0.429 e. The molecule has 0 atom stereocenters. The van der Waals surface area contributed by atoms with E-state index in [4.69, 9.17) is 4.74 Å². The molecule has 244 valence electrons. The van der Waals surface area contributed by atoms with Crippen molar-refractivity contribution in [3.8, 4) is 11.5 Å². The molecule has 44 heavy (non-hydrogen) atoms. The topological polar surface area (TPSA) is 27.7 Å². The minimum Gasteiger partial charge on any atom is -0.429 e. The van der Waals surface area contributed by atoms with E-state index in [2.05, 4.69) is 16.4 Å². The van der Waals surface area contributed by atoms with Gasteiger partial charge in [0.2, 0.25) is 5.75 Å². The number of rotatable bonds is 11. The van der Waals surface area contributed by atoms with Gasteiger partial charge in [0.25, 0.3) is 0 Å². The highest BCUT2D eigenvalue weighted by Gasteiger charge is 2.45. The summed E-state index contributed by atoms with van der Waals surface area (Å²) >= 11 is 0. The lowest BCUT2D eigenvalue weighted by Crippen LogP contribution is -2.39. The highest BCUT2D eigenvalue weighted by molar-refractivity contribution is 5.37. The van der Waals surface area contributed by atoms with Crippen LogP contribution in [-0.4, -0.2) is 12.2 Å². The van der Waals surface area contributed by atoms with Crippen LogP contribution in [0.25, 0.3) is 0 Å². The lowest BCUT2D eigenvalue weighted by molar-refractivity contribution is -0.301. The van der Waals surface area contributed by atoms with E-state index in [0.29, 0.717) is 37.2 Å². The number of hydrogen-bond donors (Lipinski definition) is 0. The summed E-state index contributed by atoms with van der Waals surface area (Å²) < 4.78 is 153. The van der Waals surface area contributed by atoms with E-state index in [-0.39, 0.29) is 30.9 Å². The lowest BCUT2D eigenvalue weighted by Gasteiger charge is -2.37. The molecule has 13 heteroatoms. The number of hydrogen-bond acceptors (Lipinski definition) is 3. The van der Waals surface area contributed by atoms with E-state index in [0.717, 1.165) is 37.8 Å². The molecule has 0 radical (unpaired) electrons. The van der Waals surface area contributed by atoms with E-state index in [1.165, 1.54) is 6.07 Å². The van der Waals surface area contributed by atoms with Crippen LogP contribution in [0.1, 0.15) is 88.2 Å². The van der Waals surface area contributed by atoms with E-state index in [9.17, 15) is 43.9 Å². The molecule has 0 heterocycles. The maximum atomic E-state index is 14.9. The molecule has 0 N–H and O–H groups in total. The van der Waals surface area contributed by atoms with Crippen LogP contribution in [0.3, 0.4) is 0 Å². The van der Waals surface area contributed by atoms with E-state index in [1.54, 1.807) is 0 Å². The van der Waals surface area contributed by atoms with Crippen molar-refractivity contribution < 1.29 is 58.1 Å². The van der Waals surface area contributed by atoms with Crippen LogP contribution >= 0.6 is 0 Å². The monoisotopic (exact) mass is 642 g/mol. The first-order chi connectivity index (χ1) is 20.7. The van der Waals surface area contributed by atoms with Gasteiger partial charge in [0.1, 0.15) is 11.6 Å². The van der Waals surface area contributed by atoms with Gasteiger partial charge in [-0.2, -0.15) is 30.7 Å². The average molecular weight is 643 g/mol. The van der Waals surface area contributed by atoms with Crippen molar-refractivity contribution in [2.75, 3.05) is 0 Å². The first-order valence-electron chi connectivity index (χ1n) is 14.5. The normalized spacial score (nSPS) is 22.9. The van der Waals surface area contributed by atoms with E-state index in [1.807, 2.05) is 0 Å². The molecule has 0 aromatic heterocycles. The number of ether oxygens (including phenoxy) is 3. The van der Waals surface area contributed by atoms with Crippen LogP contribution in [0, 0.1) is 29.3 Å². The SMILES string of the molecule is CCCC1CCC(C(F)(F)OC2CCC(c3ccc(C(F)(F)Oc4cc(F)c(OC(F)=C(F)F)c(F)c4)c(F)c3)CC2)CC1. The molecule has 2 aromatic carbocycles. The molecular formula is C31H32F10O3. The Morgan fingerprint density at radius 1 is 0.795 bits per heavy atom. The molecular weight excluding hydrogens is 610 g/mol. The minimum atomic E-state index is -4.44. The maximum absolute atomic E-state index is 14.9. The Morgan fingerprint density at radius 3 is 1.95 bits per heavy atom. The summed E-state index contributed by atoms with van der Waals surface area (Å²) in [6.07, 6.45) is -5.68. The largest absolute Gasteiger partial charge is 0.429 e. The van der Waals surface area contributed by atoms with E-state index < -0.39 is 70.8 Å². The Bertz CT molecular complexity index is 1290.